The molecule has 0 saturated heterocycles. The van der Waals surface area contributed by atoms with Crippen molar-refractivity contribution in [2.75, 3.05) is 25.1 Å². The van der Waals surface area contributed by atoms with Crippen molar-refractivity contribution in [2.24, 2.45) is 0 Å². The summed E-state index contributed by atoms with van der Waals surface area (Å²) in [6.45, 7) is 8.69. The van der Waals surface area contributed by atoms with Gasteiger partial charge in [0, 0.05) is 12.6 Å². The fourth-order valence-corrected chi connectivity index (χ4v) is 5.78. The summed E-state index contributed by atoms with van der Waals surface area (Å²) in [5, 5.41) is 2.94. The maximum absolute atomic E-state index is 14.2. The molecular formula is C32H41N3O6S. The quantitative estimate of drug-likeness (QED) is 0.303. The van der Waals surface area contributed by atoms with Gasteiger partial charge >= 0.3 is 0 Å². The van der Waals surface area contributed by atoms with Gasteiger partial charge in [0.2, 0.25) is 11.8 Å². The molecule has 42 heavy (non-hydrogen) atoms. The second-order valence-corrected chi connectivity index (χ2v) is 12.2. The minimum atomic E-state index is -4.22. The van der Waals surface area contributed by atoms with E-state index in [9.17, 15) is 18.0 Å². The van der Waals surface area contributed by atoms with E-state index in [0.717, 1.165) is 27.4 Å². The highest BCUT2D eigenvalue weighted by Crippen LogP contribution is 2.34. The summed E-state index contributed by atoms with van der Waals surface area (Å²) < 4.78 is 40.2. The van der Waals surface area contributed by atoms with Crippen molar-refractivity contribution in [2.45, 2.75) is 64.6 Å². The molecule has 0 bridgehead atoms. The smallest absolute Gasteiger partial charge is 0.264 e. The first-order valence-electron chi connectivity index (χ1n) is 13.9. The highest BCUT2D eigenvalue weighted by atomic mass is 32.2. The second kappa shape index (κ2) is 14.2. The van der Waals surface area contributed by atoms with Gasteiger partial charge in [-0.05, 0) is 81.6 Å². The van der Waals surface area contributed by atoms with Crippen LogP contribution in [-0.4, -0.2) is 58.0 Å². The van der Waals surface area contributed by atoms with Gasteiger partial charge in [0.05, 0.1) is 24.8 Å². The average molecular weight is 596 g/mol. The molecule has 10 heteroatoms. The molecule has 3 aromatic rings. The van der Waals surface area contributed by atoms with Crippen molar-refractivity contribution in [3.63, 3.8) is 0 Å². The van der Waals surface area contributed by atoms with Crippen molar-refractivity contribution < 1.29 is 27.5 Å². The van der Waals surface area contributed by atoms with Crippen molar-refractivity contribution in [3.05, 3.63) is 83.4 Å². The van der Waals surface area contributed by atoms with E-state index in [1.165, 1.54) is 24.1 Å². The molecule has 0 saturated carbocycles. The molecule has 0 fully saturated rings. The van der Waals surface area contributed by atoms with Crippen molar-refractivity contribution in [3.8, 4) is 11.5 Å². The van der Waals surface area contributed by atoms with Crippen LogP contribution in [0.1, 0.15) is 43.9 Å². The lowest BCUT2D eigenvalue weighted by Gasteiger charge is -2.33. The van der Waals surface area contributed by atoms with Crippen LogP contribution < -0.4 is 19.1 Å². The predicted molar refractivity (Wildman–Crippen MR) is 164 cm³/mol. The van der Waals surface area contributed by atoms with Crippen LogP contribution in [0.5, 0.6) is 11.5 Å². The van der Waals surface area contributed by atoms with Crippen molar-refractivity contribution in [1.29, 1.82) is 0 Å². The highest BCUT2D eigenvalue weighted by molar-refractivity contribution is 7.92. The summed E-state index contributed by atoms with van der Waals surface area (Å²) in [7, 11) is -1.22. The van der Waals surface area contributed by atoms with E-state index in [4.69, 9.17) is 9.47 Å². The summed E-state index contributed by atoms with van der Waals surface area (Å²) in [6, 6.07) is 17.8. The Kier molecular flexibility index (Phi) is 11.0. The minimum Gasteiger partial charge on any atom is -0.497 e. The van der Waals surface area contributed by atoms with Crippen LogP contribution in [0.25, 0.3) is 0 Å². The fraction of sp³-hybridized carbons (Fsp3) is 0.375. The molecule has 0 aliphatic heterocycles. The highest BCUT2D eigenvalue weighted by Gasteiger charge is 2.34. The Balaban J connectivity index is 2.10. The number of carbonyl (C=O) groups excluding carboxylic acids is 2. The molecule has 0 aliphatic rings. The van der Waals surface area contributed by atoms with Gasteiger partial charge in [0.1, 0.15) is 24.1 Å². The number of anilines is 1. The van der Waals surface area contributed by atoms with Gasteiger partial charge in [-0.25, -0.2) is 8.42 Å². The lowest BCUT2D eigenvalue weighted by Crippen LogP contribution is -2.52. The van der Waals surface area contributed by atoms with Gasteiger partial charge in [-0.15, -0.1) is 0 Å². The van der Waals surface area contributed by atoms with Crippen LogP contribution in [0.15, 0.2) is 71.6 Å². The van der Waals surface area contributed by atoms with Gasteiger partial charge in [0.25, 0.3) is 10.0 Å². The largest absolute Gasteiger partial charge is 0.497 e. The van der Waals surface area contributed by atoms with Crippen LogP contribution in [0.3, 0.4) is 0 Å². The van der Waals surface area contributed by atoms with Crippen LogP contribution in [0.4, 0.5) is 5.69 Å². The Hall–Kier alpha value is -4.05. The molecule has 1 N–H and O–H groups in total. The number of nitrogens with zero attached hydrogens (tertiary/aromatic N) is 2. The predicted octanol–water partition coefficient (Wildman–Crippen LogP) is 4.85. The number of methoxy groups -OCH3 is 2. The van der Waals surface area contributed by atoms with E-state index in [0.29, 0.717) is 11.5 Å². The number of nitrogens with one attached hydrogen (secondary N) is 1. The maximum atomic E-state index is 14.2. The minimum absolute atomic E-state index is 0.0337. The summed E-state index contributed by atoms with van der Waals surface area (Å²) in [5.41, 5.74) is 2.64. The first kappa shape index (κ1) is 32.5. The van der Waals surface area contributed by atoms with Crippen LogP contribution >= 0.6 is 0 Å². The molecule has 0 aliphatic carbocycles. The van der Waals surface area contributed by atoms with Crippen LogP contribution in [0, 0.1) is 13.8 Å². The number of hydrogen-bond donors (Lipinski definition) is 1. The lowest BCUT2D eigenvalue weighted by atomic mass is 10.1. The molecule has 0 spiro atoms. The third kappa shape index (κ3) is 7.82. The molecule has 0 heterocycles. The number of aryl methyl sites for hydroxylation is 2. The third-order valence-corrected chi connectivity index (χ3v) is 8.92. The van der Waals surface area contributed by atoms with E-state index in [1.807, 2.05) is 33.8 Å². The van der Waals surface area contributed by atoms with Gasteiger partial charge in [0.15, 0.2) is 0 Å². The van der Waals surface area contributed by atoms with Gasteiger partial charge in [-0.1, -0.05) is 42.8 Å². The molecule has 3 rings (SSSR count). The first-order chi connectivity index (χ1) is 19.9. The average Bonchev–Trinajstić information content (AvgIpc) is 2.98. The SMILES string of the molecule is CC[C@@H](C)NC(=O)[C@@H](C)N(Cc1cccc(OC)c1)C(=O)CN(c1cc(C)ccc1OC)S(=O)(=O)c1ccc(C)cc1. The second-order valence-electron chi connectivity index (χ2n) is 10.4. The molecule has 0 unspecified atom stereocenters. The molecule has 2 atom stereocenters. The topological polar surface area (TPSA) is 105 Å². The Labute approximate surface area is 249 Å². The van der Waals surface area contributed by atoms with Crippen LogP contribution in [0.2, 0.25) is 0 Å². The lowest BCUT2D eigenvalue weighted by molar-refractivity contribution is -0.139. The first-order valence-corrected chi connectivity index (χ1v) is 15.3. The number of carbonyl (C=O) groups is 2. The van der Waals surface area contributed by atoms with Crippen molar-refractivity contribution in [1.82, 2.24) is 10.2 Å². The fourth-order valence-electron chi connectivity index (χ4n) is 4.36. The molecule has 2 amide bonds. The number of sulfonamides is 1. The van der Waals surface area contributed by atoms with Crippen molar-refractivity contribution >= 4 is 27.5 Å². The Morgan fingerprint density at radius 2 is 1.57 bits per heavy atom. The molecule has 0 aromatic heterocycles. The standard InChI is InChI=1S/C32H41N3O6S/c1-8-24(4)33-32(37)25(5)34(20-26-10-9-11-27(19-26)40-6)31(36)21-35(29-18-23(3)14-17-30(29)41-7)42(38,39)28-15-12-22(2)13-16-28/h9-19,24-25H,8,20-21H2,1-7H3,(H,33,37)/t24-,25-/m1/s1. The molecular weight excluding hydrogens is 554 g/mol. The van der Waals surface area contributed by atoms with E-state index in [1.54, 1.807) is 62.6 Å². The van der Waals surface area contributed by atoms with Crippen LogP contribution in [-0.2, 0) is 26.2 Å². The summed E-state index contributed by atoms with van der Waals surface area (Å²) in [6.07, 6.45) is 0.720. The van der Waals surface area contributed by atoms with Gasteiger partial charge < -0.3 is 19.7 Å². The Bertz CT molecular complexity index is 1490. The van der Waals surface area contributed by atoms with E-state index < -0.39 is 28.5 Å². The zero-order valence-electron chi connectivity index (χ0n) is 25.4. The monoisotopic (exact) mass is 595 g/mol. The third-order valence-electron chi connectivity index (χ3n) is 7.15. The maximum Gasteiger partial charge on any atom is 0.264 e. The summed E-state index contributed by atoms with van der Waals surface area (Å²) in [4.78, 5) is 28.8. The van der Waals surface area contributed by atoms with E-state index in [-0.39, 0.29) is 29.1 Å². The van der Waals surface area contributed by atoms with E-state index in [2.05, 4.69) is 5.32 Å². The van der Waals surface area contributed by atoms with E-state index >= 15 is 0 Å². The molecule has 3 aromatic carbocycles. The van der Waals surface area contributed by atoms with Gasteiger partial charge in [-0.3, -0.25) is 13.9 Å². The Morgan fingerprint density at radius 3 is 2.19 bits per heavy atom. The Morgan fingerprint density at radius 1 is 0.905 bits per heavy atom. The molecule has 9 nitrogen and oxygen atoms in total. The number of benzene rings is 3. The zero-order chi connectivity index (χ0) is 31.0. The summed E-state index contributed by atoms with van der Waals surface area (Å²) in [5.74, 6) is 0.0150. The normalized spacial score (nSPS) is 12.6. The molecule has 226 valence electrons. The number of hydrogen-bond acceptors (Lipinski definition) is 6. The van der Waals surface area contributed by atoms with Gasteiger partial charge in [-0.2, -0.15) is 0 Å². The zero-order valence-corrected chi connectivity index (χ0v) is 26.2. The number of amides is 2. The summed E-state index contributed by atoms with van der Waals surface area (Å²) >= 11 is 0. The molecule has 0 radical (unpaired) electrons. The number of rotatable bonds is 13. The number of ether oxygens (including phenoxy) is 2.